The van der Waals surface area contributed by atoms with Crippen LogP contribution in [0, 0.1) is 0 Å². The molecule has 0 radical (unpaired) electrons. The number of fused-ring (bicyclic) bond motifs is 1. The lowest BCUT2D eigenvalue weighted by atomic mass is 10.0. The van der Waals surface area contributed by atoms with Gasteiger partial charge in [0.25, 0.3) is 0 Å². The van der Waals surface area contributed by atoms with Crippen LogP contribution in [-0.2, 0) is 0 Å². The summed E-state index contributed by atoms with van der Waals surface area (Å²) in [7, 11) is 0. The summed E-state index contributed by atoms with van der Waals surface area (Å²) in [6.45, 7) is 0. The average Bonchev–Trinajstić information content (AvgIpc) is 2.87. The second-order valence-electron chi connectivity index (χ2n) is 4.26. The molecule has 0 aliphatic heterocycles. The highest BCUT2D eigenvalue weighted by molar-refractivity contribution is 7.17. The highest BCUT2D eigenvalue weighted by Gasteiger charge is 2.13. The molecule has 0 saturated heterocycles. The molecule has 2 nitrogen and oxygen atoms in total. The van der Waals surface area contributed by atoms with Gasteiger partial charge in [0.15, 0.2) is 0 Å². The second-order valence-corrected chi connectivity index (χ2v) is 5.17. The Morgan fingerprint density at radius 1 is 1.00 bits per heavy atom. The number of anilines is 1. The molecule has 0 saturated carbocycles. The molecule has 1 unspecified atom stereocenters. The summed E-state index contributed by atoms with van der Waals surface area (Å²) in [5.74, 6) is 0. The molecule has 18 heavy (non-hydrogen) atoms. The Balaban J connectivity index is 2.08. The van der Waals surface area contributed by atoms with Gasteiger partial charge in [-0.15, -0.1) is 11.3 Å². The molecule has 1 heterocycles. The third-order valence-corrected chi connectivity index (χ3v) is 4.04. The number of thiophene rings is 1. The van der Waals surface area contributed by atoms with Crippen LogP contribution in [0.1, 0.15) is 17.2 Å². The van der Waals surface area contributed by atoms with Crippen molar-refractivity contribution in [1.29, 1.82) is 0 Å². The summed E-state index contributed by atoms with van der Waals surface area (Å²) in [5.41, 5.74) is 8.19. The number of hydrogen-bond acceptors (Lipinski definition) is 3. The standard InChI is InChI=1S/C15H13NOS/c16-12-6-4-10(5-7-12)14(17)13-3-1-2-11-8-9-18-15(11)13/h1-9,14,17H,16H2. The van der Waals surface area contributed by atoms with Crippen molar-refractivity contribution < 1.29 is 5.11 Å². The van der Waals surface area contributed by atoms with Gasteiger partial charge < -0.3 is 10.8 Å². The average molecular weight is 255 g/mol. The van der Waals surface area contributed by atoms with Gasteiger partial charge in [-0.3, -0.25) is 0 Å². The molecule has 0 fully saturated rings. The molecule has 1 atom stereocenters. The van der Waals surface area contributed by atoms with Crippen LogP contribution in [-0.4, -0.2) is 5.11 Å². The predicted octanol–water partition coefficient (Wildman–Crippen LogP) is 3.57. The number of nitrogen functional groups attached to an aromatic ring is 1. The lowest BCUT2D eigenvalue weighted by Crippen LogP contribution is -1.99. The van der Waals surface area contributed by atoms with Crippen LogP contribution in [0.3, 0.4) is 0 Å². The maximum absolute atomic E-state index is 10.5. The Labute approximate surface area is 109 Å². The lowest BCUT2D eigenvalue weighted by Gasteiger charge is -2.12. The van der Waals surface area contributed by atoms with Gasteiger partial charge in [-0.1, -0.05) is 30.3 Å². The largest absolute Gasteiger partial charge is 0.399 e. The zero-order chi connectivity index (χ0) is 12.5. The topological polar surface area (TPSA) is 46.2 Å². The van der Waals surface area contributed by atoms with Gasteiger partial charge in [0.2, 0.25) is 0 Å². The quantitative estimate of drug-likeness (QED) is 0.688. The Bertz CT molecular complexity index is 672. The fourth-order valence-corrected chi connectivity index (χ4v) is 3.03. The molecule has 3 rings (SSSR count). The first-order chi connectivity index (χ1) is 8.75. The molecular formula is C15H13NOS. The number of rotatable bonds is 2. The molecule has 0 aliphatic carbocycles. The van der Waals surface area contributed by atoms with Crippen molar-refractivity contribution in [3.8, 4) is 0 Å². The molecule has 3 N–H and O–H groups in total. The van der Waals surface area contributed by atoms with Gasteiger partial charge in [-0.05, 0) is 34.5 Å². The molecular weight excluding hydrogens is 242 g/mol. The Morgan fingerprint density at radius 3 is 2.56 bits per heavy atom. The van der Waals surface area contributed by atoms with Crippen molar-refractivity contribution in [2.24, 2.45) is 0 Å². The molecule has 0 spiro atoms. The van der Waals surface area contributed by atoms with Crippen molar-refractivity contribution in [3.63, 3.8) is 0 Å². The summed E-state index contributed by atoms with van der Waals surface area (Å²) >= 11 is 1.66. The molecule has 3 heteroatoms. The Kier molecular flexibility index (Phi) is 2.78. The van der Waals surface area contributed by atoms with Gasteiger partial charge in [-0.2, -0.15) is 0 Å². The maximum Gasteiger partial charge on any atom is 0.105 e. The fourth-order valence-electron chi connectivity index (χ4n) is 2.09. The third kappa shape index (κ3) is 1.88. The minimum Gasteiger partial charge on any atom is -0.399 e. The lowest BCUT2D eigenvalue weighted by molar-refractivity contribution is 0.222. The van der Waals surface area contributed by atoms with Crippen LogP contribution in [0.2, 0.25) is 0 Å². The summed E-state index contributed by atoms with van der Waals surface area (Å²) < 4.78 is 1.14. The summed E-state index contributed by atoms with van der Waals surface area (Å²) in [5, 5.41) is 13.7. The molecule has 0 bridgehead atoms. The van der Waals surface area contributed by atoms with Gasteiger partial charge >= 0.3 is 0 Å². The monoisotopic (exact) mass is 255 g/mol. The second kappa shape index (κ2) is 4.44. The van der Waals surface area contributed by atoms with E-state index < -0.39 is 6.10 Å². The fraction of sp³-hybridized carbons (Fsp3) is 0.0667. The first-order valence-electron chi connectivity index (χ1n) is 5.75. The number of aliphatic hydroxyl groups excluding tert-OH is 1. The Hall–Kier alpha value is -1.84. The van der Waals surface area contributed by atoms with Gasteiger partial charge in [0.1, 0.15) is 6.10 Å². The number of benzene rings is 2. The van der Waals surface area contributed by atoms with E-state index >= 15 is 0 Å². The van der Waals surface area contributed by atoms with Crippen molar-refractivity contribution in [1.82, 2.24) is 0 Å². The first-order valence-corrected chi connectivity index (χ1v) is 6.63. The highest BCUT2D eigenvalue weighted by atomic mass is 32.1. The molecule has 0 aliphatic rings. The number of aliphatic hydroxyl groups is 1. The van der Waals surface area contributed by atoms with Crippen LogP contribution >= 0.6 is 11.3 Å². The van der Waals surface area contributed by atoms with Crippen molar-refractivity contribution in [3.05, 3.63) is 65.0 Å². The molecule has 3 aromatic rings. The summed E-state index contributed by atoms with van der Waals surface area (Å²) in [4.78, 5) is 0. The van der Waals surface area contributed by atoms with Gasteiger partial charge in [0, 0.05) is 16.0 Å². The van der Waals surface area contributed by atoms with E-state index in [2.05, 4.69) is 12.1 Å². The third-order valence-electron chi connectivity index (χ3n) is 3.06. The maximum atomic E-state index is 10.5. The smallest absolute Gasteiger partial charge is 0.105 e. The van der Waals surface area contributed by atoms with Crippen molar-refractivity contribution in [2.75, 3.05) is 5.73 Å². The van der Waals surface area contributed by atoms with E-state index in [1.54, 1.807) is 11.3 Å². The summed E-state index contributed by atoms with van der Waals surface area (Å²) in [6.07, 6.45) is -0.604. The normalized spacial score (nSPS) is 12.7. The van der Waals surface area contributed by atoms with Gasteiger partial charge in [0.05, 0.1) is 0 Å². The SMILES string of the molecule is Nc1ccc(C(O)c2cccc3ccsc23)cc1. The molecule has 90 valence electrons. The van der Waals surface area contributed by atoms with Gasteiger partial charge in [-0.25, -0.2) is 0 Å². The Morgan fingerprint density at radius 2 is 1.78 bits per heavy atom. The van der Waals surface area contributed by atoms with E-state index in [1.165, 1.54) is 5.39 Å². The van der Waals surface area contributed by atoms with Crippen molar-refractivity contribution in [2.45, 2.75) is 6.10 Å². The van der Waals surface area contributed by atoms with E-state index in [-0.39, 0.29) is 0 Å². The van der Waals surface area contributed by atoms with Crippen LogP contribution in [0.5, 0.6) is 0 Å². The van der Waals surface area contributed by atoms with Crippen LogP contribution < -0.4 is 5.73 Å². The van der Waals surface area contributed by atoms with E-state index in [1.807, 2.05) is 41.8 Å². The minimum atomic E-state index is -0.604. The van der Waals surface area contributed by atoms with E-state index in [4.69, 9.17) is 5.73 Å². The van der Waals surface area contributed by atoms with E-state index in [0.29, 0.717) is 5.69 Å². The van der Waals surface area contributed by atoms with E-state index in [0.717, 1.165) is 15.8 Å². The molecule has 0 amide bonds. The predicted molar refractivity (Wildman–Crippen MR) is 76.7 cm³/mol. The summed E-state index contributed by atoms with van der Waals surface area (Å²) in [6, 6.07) is 15.4. The highest BCUT2D eigenvalue weighted by Crippen LogP contribution is 2.32. The van der Waals surface area contributed by atoms with Crippen molar-refractivity contribution >= 4 is 27.1 Å². The zero-order valence-corrected chi connectivity index (χ0v) is 10.5. The number of hydrogen-bond donors (Lipinski definition) is 2. The molecule has 1 aromatic heterocycles. The zero-order valence-electron chi connectivity index (χ0n) is 9.71. The van der Waals surface area contributed by atoms with E-state index in [9.17, 15) is 5.11 Å². The van der Waals surface area contributed by atoms with Crippen LogP contribution in [0.15, 0.2) is 53.9 Å². The van der Waals surface area contributed by atoms with Crippen LogP contribution in [0.25, 0.3) is 10.1 Å². The number of nitrogens with two attached hydrogens (primary N) is 1. The first kappa shape index (κ1) is 11.3. The molecule has 2 aromatic carbocycles. The minimum absolute atomic E-state index is 0.604. The van der Waals surface area contributed by atoms with Crippen LogP contribution in [0.4, 0.5) is 5.69 Å².